The molecule has 0 N–H and O–H groups in total. The van der Waals surface area contributed by atoms with E-state index in [1.165, 1.54) is 9.80 Å². The number of rotatable bonds is 5. The summed E-state index contributed by atoms with van der Waals surface area (Å²) in [5.74, 6) is 0. The zero-order valence-corrected chi connectivity index (χ0v) is 12.8. The monoisotopic (exact) mass is 281 g/mol. The topological polar surface area (TPSA) is 0 Å². The quantitative estimate of drug-likeness (QED) is 0.514. The van der Waals surface area contributed by atoms with E-state index >= 15 is 0 Å². The highest BCUT2D eigenvalue weighted by molar-refractivity contribution is 8.01. The third-order valence-electron chi connectivity index (χ3n) is 3.08. The largest absolute Gasteiger partial charge is 0.161 e. The number of hydrogen-bond acceptors (Lipinski definition) is 0. The van der Waals surface area contributed by atoms with Crippen molar-refractivity contribution in [3.8, 4) is 0 Å². The first-order valence-electron chi connectivity index (χ1n) is 6.82. The van der Waals surface area contributed by atoms with Crippen molar-refractivity contribution in [1.82, 2.24) is 0 Å². The first-order valence-corrected chi connectivity index (χ1v) is 8.11. The normalized spacial score (nSPS) is 19.1. The van der Waals surface area contributed by atoms with Crippen LogP contribution in [0.3, 0.4) is 0 Å². The zero-order chi connectivity index (χ0) is 14.4. The molecule has 1 aliphatic carbocycles. The van der Waals surface area contributed by atoms with Crippen molar-refractivity contribution in [2.45, 2.75) is 23.5 Å². The molecule has 0 radical (unpaired) electrons. The summed E-state index contributed by atoms with van der Waals surface area (Å²) in [5, 5.41) is 0.504. The molecular formula is C19H21S+. The van der Waals surface area contributed by atoms with Crippen LogP contribution in [-0.4, -0.2) is 5.25 Å². The number of hydrogen-bond donors (Lipinski definition) is 0. The minimum absolute atomic E-state index is 0.00410. The van der Waals surface area contributed by atoms with Crippen LogP contribution in [0, 0.1) is 0 Å². The summed E-state index contributed by atoms with van der Waals surface area (Å²) in [6.07, 6.45) is 14.0. The van der Waals surface area contributed by atoms with Gasteiger partial charge in [-0.25, -0.2) is 0 Å². The van der Waals surface area contributed by atoms with Gasteiger partial charge in [0.05, 0.1) is 10.9 Å². The molecule has 0 saturated heterocycles. The van der Waals surface area contributed by atoms with E-state index in [4.69, 9.17) is 0 Å². The van der Waals surface area contributed by atoms with Crippen LogP contribution in [-0.2, 0) is 10.9 Å². The molecule has 0 aromatic heterocycles. The molecule has 0 spiro atoms. The standard InChI is InChI=1S/C19H21S/c1-16(2)14-15-17(3)20(18-10-6-4-7-11-18)19-12-8-5-9-13-19/h4-12,14-15,19H,1,3,13H2,2H3/q+1/b15-14-. The van der Waals surface area contributed by atoms with Crippen LogP contribution in [0.5, 0.6) is 0 Å². The fourth-order valence-electron chi connectivity index (χ4n) is 2.13. The first kappa shape index (κ1) is 14.7. The van der Waals surface area contributed by atoms with Crippen LogP contribution in [0.2, 0.25) is 0 Å². The van der Waals surface area contributed by atoms with Gasteiger partial charge in [0.1, 0.15) is 0 Å². The highest BCUT2D eigenvalue weighted by Crippen LogP contribution is 2.30. The third kappa shape index (κ3) is 3.88. The van der Waals surface area contributed by atoms with E-state index in [2.05, 4.69) is 73.9 Å². The van der Waals surface area contributed by atoms with E-state index in [1.807, 2.05) is 13.0 Å². The van der Waals surface area contributed by atoms with Gasteiger partial charge in [-0.15, -0.1) is 0 Å². The van der Waals surface area contributed by atoms with Gasteiger partial charge in [0.15, 0.2) is 15.1 Å². The lowest BCUT2D eigenvalue weighted by Crippen LogP contribution is -2.21. The van der Waals surface area contributed by atoms with Crippen LogP contribution in [0.1, 0.15) is 13.3 Å². The summed E-state index contributed by atoms with van der Waals surface area (Å²) in [7, 11) is 0.00410. The van der Waals surface area contributed by atoms with Crippen molar-refractivity contribution in [2.75, 3.05) is 0 Å². The second-order valence-corrected chi connectivity index (χ2v) is 7.16. The van der Waals surface area contributed by atoms with Crippen LogP contribution >= 0.6 is 0 Å². The lowest BCUT2D eigenvalue weighted by atomic mass is 10.2. The van der Waals surface area contributed by atoms with Crippen LogP contribution < -0.4 is 0 Å². The van der Waals surface area contributed by atoms with Gasteiger partial charge in [-0.3, -0.25) is 0 Å². The van der Waals surface area contributed by atoms with E-state index < -0.39 is 0 Å². The SMILES string of the molecule is C=C(C)/C=C\C(=C)[S+](c1ccccc1)C1C=CC=CC1. The Balaban J connectivity index is 2.29. The van der Waals surface area contributed by atoms with Gasteiger partial charge in [-0.05, 0) is 37.8 Å². The molecule has 0 fully saturated rings. The van der Waals surface area contributed by atoms with Gasteiger partial charge >= 0.3 is 0 Å². The van der Waals surface area contributed by atoms with E-state index in [0.29, 0.717) is 5.25 Å². The second kappa shape index (κ2) is 7.16. The van der Waals surface area contributed by atoms with Crippen molar-refractivity contribution in [3.05, 3.63) is 90.4 Å². The summed E-state index contributed by atoms with van der Waals surface area (Å²) in [5.41, 5.74) is 1.06. The van der Waals surface area contributed by atoms with E-state index in [1.54, 1.807) is 0 Å². The van der Waals surface area contributed by atoms with Crippen molar-refractivity contribution >= 4 is 10.9 Å². The minimum atomic E-state index is 0.00410. The van der Waals surface area contributed by atoms with Crippen LogP contribution in [0.4, 0.5) is 0 Å². The Morgan fingerprint density at radius 2 is 1.90 bits per heavy atom. The van der Waals surface area contributed by atoms with Gasteiger partial charge < -0.3 is 0 Å². The van der Waals surface area contributed by atoms with Gasteiger partial charge in [0.2, 0.25) is 0 Å². The van der Waals surface area contributed by atoms with Crippen LogP contribution in [0.15, 0.2) is 95.3 Å². The molecule has 0 nitrogen and oxygen atoms in total. The maximum absolute atomic E-state index is 4.31. The fourth-order valence-corrected chi connectivity index (χ4v) is 4.39. The molecule has 0 heterocycles. The fraction of sp³-hybridized carbons (Fsp3) is 0.158. The molecule has 0 bridgehead atoms. The predicted molar refractivity (Wildman–Crippen MR) is 91.9 cm³/mol. The van der Waals surface area contributed by atoms with E-state index in [-0.39, 0.29) is 10.9 Å². The van der Waals surface area contributed by atoms with Crippen molar-refractivity contribution in [2.24, 2.45) is 0 Å². The Labute approximate surface area is 125 Å². The Hall–Kier alpha value is -1.73. The average Bonchev–Trinajstić information content (AvgIpc) is 2.48. The third-order valence-corrected chi connectivity index (χ3v) is 5.51. The summed E-state index contributed by atoms with van der Waals surface area (Å²) < 4.78 is 0. The highest BCUT2D eigenvalue weighted by Gasteiger charge is 2.33. The van der Waals surface area contributed by atoms with E-state index in [0.717, 1.165) is 12.0 Å². The Morgan fingerprint density at radius 1 is 1.15 bits per heavy atom. The van der Waals surface area contributed by atoms with Crippen LogP contribution in [0.25, 0.3) is 0 Å². The molecular weight excluding hydrogens is 260 g/mol. The maximum atomic E-state index is 4.31. The Bertz CT molecular complexity index is 561. The van der Waals surface area contributed by atoms with Gasteiger partial charge in [-0.2, -0.15) is 0 Å². The minimum Gasteiger partial charge on any atom is -0.0961 e. The Morgan fingerprint density at radius 3 is 2.50 bits per heavy atom. The maximum Gasteiger partial charge on any atom is 0.161 e. The van der Waals surface area contributed by atoms with Crippen molar-refractivity contribution in [1.29, 1.82) is 0 Å². The summed E-state index contributed by atoms with van der Waals surface area (Å²) >= 11 is 0. The molecule has 2 atom stereocenters. The number of benzene rings is 1. The molecule has 0 amide bonds. The molecule has 1 aromatic rings. The highest BCUT2D eigenvalue weighted by atomic mass is 32.2. The van der Waals surface area contributed by atoms with Gasteiger partial charge in [0, 0.05) is 6.42 Å². The van der Waals surface area contributed by atoms with Crippen molar-refractivity contribution in [3.63, 3.8) is 0 Å². The number of allylic oxidation sites excluding steroid dienone is 6. The summed E-state index contributed by atoms with van der Waals surface area (Å²) in [6, 6.07) is 10.7. The molecule has 2 rings (SSSR count). The van der Waals surface area contributed by atoms with E-state index in [9.17, 15) is 0 Å². The van der Waals surface area contributed by atoms with Crippen molar-refractivity contribution < 1.29 is 0 Å². The molecule has 1 aliphatic rings. The predicted octanol–water partition coefficient (Wildman–Crippen LogP) is 5.19. The molecule has 20 heavy (non-hydrogen) atoms. The molecule has 1 aromatic carbocycles. The lowest BCUT2D eigenvalue weighted by molar-refractivity contribution is 1.04. The lowest BCUT2D eigenvalue weighted by Gasteiger charge is -2.16. The summed E-state index contributed by atoms with van der Waals surface area (Å²) in [4.78, 5) is 2.53. The second-order valence-electron chi connectivity index (χ2n) is 4.88. The smallest absolute Gasteiger partial charge is 0.0961 e. The summed E-state index contributed by atoms with van der Waals surface area (Å²) in [6.45, 7) is 10.2. The first-order chi connectivity index (χ1) is 9.68. The zero-order valence-electron chi connectivity index (χ0n) is 12.0. The molecule has 0 aliphatic heterocycles. The van der Waals surface area contributed by atoms with Gasteiger partial charge in [-0.1, -0.05) is 54.7 Å². The van der Waals surface area contributed by atoms with Gasteiger partial charge in [0.25, 0.3) is 0 Å². The Kier molecular flexibility index (Phi) is 5.25. The average molecular weight is 281 g/mol. The molecule has 0 saturated carbocycles. The molecule has 2 unspecified atom stereocenters. The molecule has 1 heteroatoms. The molecule has 102 valence electrons.